The number of aryl methyl sites for hydroxylation is 1. The van der Waals surface area contributed by atoms with Crippen LogP contribution in [0.4, 0.5) is 4.39 Å². The number of hydrogen-bond acceptors (Lipinski definition) is 4. The maximum atomic E-state index is 13.6. The summed E-state index contributed by atoms with van der Waals surface area (Å²) in [5.41, 5.74) is 6.28. The highest BCUT2D eigenvalue weighted by Crippen LogP contribution is 2.25. The molecule has 1 unspecified atom stereocenters. The molecule has 9 heteroatoms. The van der Waals surface area contributed by atoms with Crippen molar-refractivity contribution in [2.24, 2.45) is 5.73 Å². The number of primary amides is 1. The molecule has 0 radical (unpaired) electrons. The first-order valence-electron chi connectivity index (χ1n) is 9.47. The van der Waals surface area contributed by atoms with Crippen molar-refractivity contribution in [2.45, 2.75) is 31.7 Å². The van der Waals surface area contributed by atoms with E-state index in [0.29, 0.717) is 18.7 Å². The van der Waals surface area contributed by atoms with Gasteiger partial charge in [-0.3, -0.25) is 9.59 Å². The molecule has 2 aromatic carbocycles. The Labute approximate surface area is 176 Å². The van der Waals surface area contributed by atoms with Crippen molar-refractivity contribution in [2.75, 3.05) is 20.1 Å². The number of nitrogens with zero attached hydrogens (tertiary/aromatic N) is 2. The summed E-state index contributed by atoms with van der Waals surface area (Å²) in [5.74, 6) is -2.01. The molecule has 2 N–H and O–H groups in total. The van der Waals surface area contributed by atoms with Crippen LogP contribution in [0.5, 0.6) is 0 Å². The minimum Gasteiger partial charge on any atom is -0.368 e. The average Bonchev–Trinajstić information content (AvgIpc) is 2.68. The summed E-state index contributed by atoms with van der Waals surface area (Å²) < 4.78 is 40.8. The van der Waals surface area contributed by atoms with Gasteiger partial charge >= 0.3 is 0 Å². The fraction of sp³-hybridized carbons (Fsp3) is 0.333. The number of benzene rings is 2. The summed E-state index contributed by atoms with van der Waals surface area (Å²) >= 11 is 0. The Morgan fingerprint density at radius 3 is 2.27 bits per heavy atom. The molecule has 0 aliphatic carbocycles. The Hall–Kier alpha value is -2.78. The minimum atomic E-state index is -3.79. The third kappa shape index (κ3) is 4.68. The summed E-state index contributed by atoms with van der Waals surface area (Å²) in [7, 11) is -2.42. The van der Waals surface area contributed by atoms with Gasteiger partial charge in [0.25, 0.3) is 5.91 Å². The van der Waals surface area contributed by atoms with Gasteiger partial charge in [-0.25, -0.2) is 12.8 Å². The van der Waals surface area contributed by atoms with E-state index in [-0.39, 0.29) is 16.0 Å². The van der Waals surface area contributed by atoms with E-state index in [2.05, 4.69) is 0 Å². The highest BCUT2D eigenvalue weighted by atomic mass is 32.2. The molecule has 0 aliphatic rings. The molecule has 0 bridgehead atoms. The Balaban J connectivity index is 2.48. The van der Waals surface area contributed by atoms with Gasteiger partial charge in [0.1, 0.15) is 11.9 Å². The molecule has 2 rings (SSSR count). The highest BCUT2D eigenvalue weighted by Gasteiger charge is 2.30. The zero-order valence-corrected chi connectivity index (χ0v) is 18.2. The fourth-order valence-electron chi connectivity index (χ4n) is 3.29. The van der Waals surface area contributed by atoms with Crippen LogP contribution in [0.2, 0.25) is 0 Å². The quantitative estimate of drug-likeness (QED) is 0.688. The summed E-state index contributed by atoms with van der Waals surface area (Å²) in [6.07, 6.45) is 0. The van der Waals surface area contributed by atoms with Crippen LogP contribution in [-0.2, 0) is 14.8 Å². The zero-order chi connectivity index (χ0) is 22.6. The maximum absolute atomic E-state index is 13.6. The van der Waals surface area contributed by atoms with Crippen molar-refractivity contribution in [1.82, 2.24) is 9.21 Å². The van der Waals surface area contributed by atoms with Crippen molar-refractivity contribution < 1.29 is 22.4 Å². The predicted molar refractivity (Wildman–Crippen MR) is 112 cm³/mol. The number of hydrogen-bond donors (Lipinski definition) is 1. The Bertz CT molecular complexity index is 1050. The SMILES string of the molecule is CCN(CC)S(=O)(=O)c1cc(C(=O)N(C)C(C(N)=O)c2cccc(F)c2)ccc1C. The minimum absolute atomic E-state index is 0.0202. The van der Waals surface area contributed by atoms with Crippen molar-refractivity contribution in [1.29, 1.82) is 0 Å². The van der Waals surface area contributed by atoms with Crippen LogP contribution in [0, 0.1) is 12.7 Å². The summed E-state index contributed by atoms with van der Waals surface area (Å²) in [6.45, 7) is 5.69. The van der Waals surface area contributed by atoms with Gasteiger partial charge in [0.2, 0.25) is 15.9 Å². The number of amides is 2. The van der Waals surface area contributed by atoms with Crippen molar-refractivity contribution >= 4 is 21.8 Å². The van der Waals surface area contributed by atoms with Crippen LogP contribution >= 0.6 is 0 Å². The van der Waals surface area contributed by atoms with E-state index in [1.807, 2.05) is 0 Å². The van der Waals surface area contributed by atoms with Crippen LogP contribution in [0.1, 0.15) is 41.4 Å². The third-order valence-corrected chi connectivity index (χ3v) is 7.09. The summed E-state index contributed by atoms with van der Waals surface area (Å²) in [6, 6.07) is 8.37. The van der Waals surface area contributed by atoms with E-state index in [1.165, 1.54) is 41.7 Å². The van der Waals surface area contributed by atoms with Crippen LogP contribution in [0.25, 0.3) is 0 Å². The number of sulfonamides is 1. The normalized spacial score (nSPS) is 12.6. The molecule has 0 aromatic heterocycles. The maximum Gasteiger partial charge on any atom is 0.254 e. The van der Waals surface area contributed by atoms with Crippen molar-refractivity contribution in [3.63, 3.8) is 0 Å². The van der Waals surface area contributed by atoms with Gasteiger partial charge in [-0.05, 0) is 42.3 Å². The second-order valence-corrected chi connectivity index (χ2v) is 8.75. The second kappa shape index (κ2) is 9.36. The Morgan fingerprint density at radius 1 is 1.10 bits per heavy atom. The molecule has 0 heterocycles. The first-order chi connectivity index (χ1) is 14.0. The molecule has 7 nitrogen and oxygen atoms in total. The van der Waals surface area contributed by atoms with E-state index in [4.69, 9.17) is 5.73 Å². The average molecular weight is 436 g/mol. The van der Waals surface area contributed by atoms with E-state index >= 15 is 0 Å². The lowest BCUT2D eigenvalue weighted by atomic mass is 10.0. The molecular weight excluding hydrogens is 409 g/mol. The smallest absolute Gasteiger partial charge is 0.254 e. The molecule has 1 atom stereocenters. The largest absolute Gasteiger partial charge is 0.368 e. The number of nitrogens with two attached hydrogens (primary N) is 1. The lowest BCUT2D eigenvalue weighted by molar-refractivity contribution is -0.122. The predicted octanol–water partition coefficient (Wildman–Crippen LogP) is 2.46. The van der Waals surface area contributed by atoms with E-state index in [1.54, 1.807) is 26.8 Å². The van der Waals surface area contributed by atoms with Gasteiger partial charge in [0.05, 0.1) is 4.90 Å². The van der Waals surface area contributed by atoms with Gasteiger partial charge < -0.3 is 10.6 Å². The highest BCUT2D eigenvalue weighted by molar-refractivity contribution is 7.89. The first kappa shape index (κ1) is 23.5. The first-order valence-corrected chi connectivity index (χ1v) is 10.9. The molecular formula is C21H26FN3O4S. The molecule has 0 saturated heterocycles. The van der Waals surface area contributed by atoms with Crippen molar-refractivity contribution in [3.05, 3.63) is 65.0 Å². The number of halogens is 1. The lowest BCUT2D eigenvalue weighted by Gasteiger charge is -2.27. The van der Waals surface area contributed by atoms with Crippen molar-refractivity contribution in [3.8, 4) is 0 Å². The topological polar surface area (TPSA) is 101 Å². The zero-order valence-electron chi connectivity index (χ0n) is 17.4. The second-order valence-electron chi connectivity index (χ2n) is 6.85. The number of rotatable bonds is 8. The van der Waals surface area contributed by atoms with Crippen LogP contribution in [0.15, 0.2) is 47.4 Å². The lowest BCUT2D eigenvalue weighted by Crippen LogP contribution is -2.39. The van der Waals surface area contributed by atoms with Crippen LogP contribution in [-0.4, -0.2) is 49.6 Å². The molecule has 30 heavy (non-hydrogen) atoms. The molecule has 0 fully saturated rings. The Kier molecular flexibility index (Phi) is 7.33. The van der Waals surface area contributed by atoms with Gasteiger partial charge in [0.15, 0.2) is 0 Å². The van der Waals surface area contributed by atoms with E-state index in [9.17, 15) is 22.4 Å². The Morgan fingerprint density at radius 2 is 1.73 bits per heavy atom. The van der Waals surface area contributed by atoms with E-state index < -0.39 is 33.7 Å². The molecule has 0 spiro atoms. The molecule has 162 valence electrons. The van der Waals surface area contributed by atoms with Gasteiger partial charge in [-0.1, -0.05) is 32.0 Å². The van der Waals surface area contributed by atoms with Gasteiger partial charge in [0, 0.05) is 25.7 Å². The van der Waals surface area contributed by atoms with Gasteiger partial charge in [-0.15, -0.1) is 0 Å². The number of carbonyl (C=O) groups excluding carboxylic acids is 2. The molecule has 2 amide bonds. The summed E-state index contributed by atoms with van der Waals surface area (Å²) in [4.78, 5) is 26.2. The van der Waals surface area contributed by atoms with E-state index in [0.717, 1.165) is 11.0 Å². The standard InChI is InChI=1S/C21H26FN3O4S/c1-5-25(6-2)30(28,29)18-13-16(11-10-14(18)3)21(27)24(4)19(20(23)26)15-8-7-9-17(22)12-15/h7-13,19H,5-6H2,1-4H3,(H2,23,26). The number of carbonyl (C=O) groups is 2. The number of likely N-dealkylation sites (N-methyl/N-ethyl adjacent to an activating group) is 1. The van der Waals surface area contributed by atoms with Crippen LogP contribution in [0.3, 0.4) is 0 Å². The van der Waals surface area contributed by atoms with Crippen LogP contribution < -0.4 is 5.73 Å². The third-order valence-electron chi connectivity index (χ3n) is 4.90. The summed E-state index contributed by atoms with van der Waals surface area (Å²) in [5, 5.41) is 0. The molecule has 0 aliphatic heterocycles. The van der Waals surface area contributed by atoms with Gasteiger partial charge in [-0.2, -0.15) is 4.31 Å². The molecule has 0 saturated carbocycles. The monoisotopic (exact) mass is 435 g/mol. The molecule has 2 aromatic rings. The fourth-order valence-corrected chi connectivity index (χ4v) is 5.00.